The van der Waals surface area contributed by atoms with E-state index in [4.69, 9.17) is 0 Å². The van der Waals surface area contributed by atoms with E-state index < -0.39 is 0 Å². The number of aromatic nitrogens is 2. The highest BCUT2D eigenvalue weighted by Crippen LogP contribution is 1.85. The number of hydrogen-bond acceptors (Lipinski definition) is 0. The van der Waals surface area contributed by atoms with E-state index in [0.29, 0.717) is 6.04 Å². The maximum absolute atomic E-state index is 3.05. The highest BCUT2D eigenvalue weighted by atomic mass is 15.3. The van der Waals surface area contributed by atoms with Crippen molar-refractivity contribution in [1.29, 1.82) is 0 Å². The Morgan fingerprint density at radius 3 is 2.50 bits per heavy atom. The SMILES string of the molecule is CC(C)[n+]1ccc[nH]1. The first-order valence-electron chi connectivity index (χ1n) is 2.85. The van der Waals surface area contributed by atoms with Gasteiger partial charge in [0, 0.05) is 6.07 Å². The Morgan fingerprint density at radius 2 is 2.25 bits per heavy atom. The van der Waals surface area contributed by atoms with Crippen molar-refractivity contribution in [3.63, 3.8) is 0 Å². The molecular formula is C6H11N2+. The molecule has 0 amide bonds. The van der Waals surface area contributed by atoms with Gasteiger partial charge in [0.1, 0.15) is 0 Å². The average Bonchev–Trinajstić information content (AvgIpc) is 2.12. The van der Waals surface area contributed by atoms with Crippen LogP contribution in [0.2, 0.25) is 0 Å². The fourth-order valence-electron chi connectivity index (χ4n) is 0.629. The summed E-state index contributed by atoms with van der Waals surface area (Å²) in [4.78, 5) is 0. The Balaban J connectivity index is 2.77. The first-order valence-corrected chi connectivity index (χ1v) is 2.85. The molecule has 0 saturated carbocycles. The first-order chi connectivity index (χ1) is 3.80. The molecule has 2 nitrogen and oxygen atoms in total. The normalized spacial score (nSPS) is 10.4. The maximum atomic E-state index is 3.05. The zero-order valence-electron chi connectivity index (χ0n) is 5.26. The summed E-state index contributed by atoms with van der Waals surface area (Å²) in [5.74, 6) is 0. The topological polar surface area (TPSA) is 19.7 Å². The van der Waals surface area contributed by atoms with Gasteiger partial charge in [0.05, 0.1) is 6.20 Å². The van der Waals surface area contributed by atoms with Crippen LogP contribution in [0.15, 0.2) is 18.5 Å². The van der Waals surface area contributed by atoms with Gasteiger partial charge in [-0.3, -0.25) is 0 Å². The van der Waals surface area contributed by atoms with Crippen molar-refractivity contribution in [3.8, 4) is 0 Å². The molecule has 0 saturated heterocycles. The molecule has 0 unspecified atom stereocenters. The van der Waals surface area contributed by atoms with Crippen LogP contribution in [0, 0.1) is 0 Å². The minimum absolute atomic E-state index is 0.546. The summed E-state index contributed by atoms with van der Waals surface area (Å²) in [7, 11) is 0. The number of hydrogen-bond donors (Lipinski definition) is 1. The number of rotatable bonds is 1. The van der Waals surface area contributed by atoms with Crippen LogP contribution >= 0.6 is 0 Å². The van der Waals surface area contributed by atoms with Crippen molar-refractivity contribution in [1.82, 2.24) is 5.10 Å². The largest absolute Gasteiger partial charge is 0.195 e. The van der Waals surface area contributed by atoms with Gasteiger partial charge in [0.2, 0.25) is 0 Å². The standard InChI is InChI=1S/C6H10N2/c1-6(2)8-5-3-4-7-8/h3-6H,1-2H3/p+1. The van der Waals surface area contributed by atoms with Crippen LogP contribution in [-0.4, -0.2) is 5.10 Å². The highest BCUT2D eigenvalue weighted by Gasteiger charge is 2.02. The third-order valence-electron chi connectivity index (χ3n) is 1.12. The molecule has 1 N–H and O–H groups in total. The van der Waals surface area contributed by atoms with E-state index in [1.54, 1.807) is 0 Å². The van der Waals surface area contributed by atoms with Crippen molar-refractivity contribution < 1.29 is 4.68 Å². The summed E-state index contributed by atoms with van der Waals surface area (Å²) >= 11 is 0. The van der Waals surface area contributed by atoms with Crippen LogP contribution in [0.3, 0.4) is 0 Å². The van der Waals surface area contributed by atoms with E-state index in [1.165, 1.54) is 0 Å². The molecule has 0 aliphatic rings. The molecule has 0 fully saturated rings. The predicted molar refractivity (Wildman–Crippen MR) is 31.4 cm³/mol. The fourth-order valence-corrected chi connectivity index (χ4v) is 0.629. The van der Waals surface area contributed by atoms with Crippen LogP contribution in [-0.2, 0) is 0 Å². The Labute approximate surface area is 49.1 Å². The second kappa shape index (κ2) is 1.99. The predicted octanol–water partition coefficient (Wildman–Crippen LogP) is 0.883. The molecule has 0 aliphatic heterocycles. The van der Waals surface area contributed by atoms with Gasteiger partial charge < -0.3 is 0 Å². The van der Waals surface area contributed by atoms with Gasteiger partial charge >= 0.3 is 0 Å². The number of nitrogens with one attached hydrogen (secondary N) is 1. The van der Waals surface area contributed by atoms with Gasteiger partial charge in [-0.15, -0.1) is 4.68 Å². The maximum Gasteiger partial charge on any atom is 0.195 e. The van der Waals surface area contributed by atoms with Crippen LogP contribution in [0.25, 0.3) is 0 Å². The van der Waals surface area contributed by atoms with Crippen LogP contribution < -0.4 is 4.68 Å². The minimum Gasteiger partial charge on any atom is -0.173 e. The smallest absolute Gasteiger partial charge is 0.173 e. The lowest BCUT2D eigenvalue weighted by molar-refractivity contribution is -0.767. The van der Waals surface area contributed by atoms with E-state index in [-0.39, 0.29) is 0 Å². The summed E-state index contributed by atoms with van der Waals surface area (Å²) in [5.41, 5.74) is 0. The van der Waals surface area contributed by atoms with Crippen molar-refractivity contribution in [3.05, 3.63) is 18.5 Å². The molecule has 0 bridgehead atoms. The summed E-state index contributed by atoms with van der Waals surface area (Å²) in [5, 5.41) is 3.05. The van der Waals surface area contributed by atoms with E-state index in [1.807, 2.05) is 23.1 Å². The molecule has 8 heavy (non-hydrogen) atoms. The lowest BCUT2D eigenvalue weighted by Gasteiger charge is -1.90. The Hall–Kier alpha value is -0.790. The van der Waals surface area contributed by atoms with Gasteiger partial charge in [-0.25, -0.2) is 0 Å². The second-order valence-electron chi connectivity index (χ2n) is 2.14. The second-order valence-corrected chi connectivity index (χ2v) is 2.14. The summed E-state index contributed by atoms with van der Waals surface area (Å²) in [6, 6.07) is 2.53. The van der Waals surface area contributed by atoms with Crippen molar-refractivity contribution in [2.75, 3.05) is 0 Å². The van der Waals surface area contributed by atoms with E-state index >= 15 is 0 Å². The molecule has 1 aromatic heterocycles. The Kier molecular flexibility index (Phi) is 1.33. The van der Waals surface area contributed by atoms with Crippen molar-refractivity contribution in [2.45, 2.75) is 19.9 Å². The van der Waals surface area contributed by atoms with Gasteiger partial charge in [-0.05, 0) is 13.8 Å². The number of nitrogens with zero attached hydrogens (tertiary/aromatic N) is 1. The Morgan fingerprint density at radius 1 is 1.50 bits per heavy atom. The molecule has 0 aromatic carbocycles. The van der Waals surface area contributed by atoms with Crippen LogP contribution in [0.1, 0.15) is 19.9 Å². The molecule has 2 heteroatoms. The monoisotopic (exact) mass is 111 g/mol. The Bertz CT molecular complexity index is 142. The van der Waals surface area contributed by atoms with E-state index in [0.717, 1.165) is 0 Å². The van der Waals surface area contributed by atoms with Gasteiger partial charge in [-0.2, -0.15) is 5.10 Å². The van der Waals surface area contributed by atoms with Crippen molar-refractivity contribution in [2.24, 2.45) is 0 Å². The quantitative estimate of drug-likeness (QED) is 0.519. The zero-order chi connectivity index (χ0) is 5.98. The summed E-state index contributed by atoms with van der Waals surface area (Å²) in [6.07, 6.45) is 3.94. The number of aromatic amines is 1. The molecule has 1 heterocycles. The summed E-state index contributed by atoms with van der Waals surface area (Å²) in [6.45, 7) is 4.27. The minimum atomic E-state index is 0.546. The molecule has 0 atom stereocenters. The lowest BCUT2D eigenvalue weighted by Crippen LogP contribution is -2.36. The van der Waals surface area contributed by atoms with Crippen molar-refractivity contribution >= 4 is 0 Å². The third kappa shape index (κ3) is 0.886. The van der Waals surface area contributed by atoms with Gasteiger partial charge in [-0.1, -0.05) is 0 Å². The number of H-pyrrole nitrogens is 1. The fraction of sp³-hybridized carbons (Fsp3) is 0.500. The molecular weight excluding hydrogens is 100 g/mol. The average molecular weight is 111 g/mol. The van der Waals surface area contributed by atoms with Gasteiger partial charge in [0.25, 0.3) is 0 Å². The molecule has 0 aliphatic carbocycles. The van der Waals surface area contributed by atoms with E-state index in [9.17, 15) is 0 Å². The zero-order valence-corrected chi connectivity index (χ0v) is 5.26. The van der Waals surface area contributed by atoms with Crippen LogP contribution in [0.5, 0.6) is 0 Å². The molecule has 1 aromatic rings. The first kappa shape index (κ1) is 5.35. The molecule has 44 valence electrons. The van der Waals surface area contributed by atoms with Gasteiger partial charge in [0.15, 0.2) is 12.2 Å². The summed E-state index contributed by atoms with van der Waals surface area (Å²) < 4.78 is 2.04. The molecule has 0 radical (unpaired) electrons. The van der Waals surface area contributed by atoms with E-state index in [2.05, 4.69) is 18.9 Å². The van der Waals surface area contributed by atoms with Crippen LogP contribution in [0.4, 0.5) is 0 Å². The third-order valence-corrected chi connectivity index (χ3v) is 1.12. The highest BCUT2D eigenvalue weighted by molar-refractivity contribution is 4.67. The lowest BCUT2D eigenvalue weighted by atomic mass is 10.4. The molecule has 1 rings (SSSR count). The molecule has 0 spiro atoms.